The molecule has 2 aliphatic heterocycles. The first-order valence-corrected chi connectivity index (χ1v) is 10.0. The maximum atomic E-state index is 12.5. The molecule has 2 heterocycles. The van der Waals surface area contributed by atoms with Crippen LogP contribution in [0.3, 0.4) is 0 Å². The Hall–Kier alpha value is -1.92. The number of ketones is 1. The standard InChI is InChI=1S/C21H31N3O3/c1-16-13-18(19(25)14-23-11-8-22-21(26)15-23)6-7-20(16)27-12-4-10-24-9-3-5-17(24)2/h6-7,13,17H,3-5,8-12,14-15H2,1-2H3,(H,22,26). The van der Waals surface area contributed by atoms with Gasteiger partial charge in [0.15, 0.2) is 5.78 Å². The molecule has 0 spiro atoms. The average Bonchev–Trinajstić information content (AvgIpc) is 3.04. The summed E-state index contributed by atoms with van der Waals surface area (Å²) in [7, 11) is 0. The van der Waals surface area contributed by atoms with Crippen molar-refractivity contribution in [1.82, 2.24) is 15.1 Å². The molecule has 2 aliphatic rings. The number of rotatable bonds is 8. The van der Waals surface area contributed by atoms with Crippen molar-refractivity contribution in [1.29, 1.82) is 0 Å². The molecule has 148 valence electrons. The predicted molar refractivity (Wildman–Crippen MR) is 105 cm³/mol. The van der Waals surface area contributed by atoms with Crippen LogP contribution in [0.25, 0.3) is 0 Å². The molecule has 0 bridgehead atoms. The van der Waals surface area contributed by atoms with Crippen molar-refractivity contribution >= 4 is 11.7 Å². The monoisotopic (exact) mass is 373 g/mol. The number of aryl methyl sites for hydroxylation is 1. The van der Waals surface area contributed by atoms with E-state index in [4.69, 9.17) is 4.74 Å². The molecule has 1 aromatic carbocycles. The van der Waals surface area contributed by atoms with Gasteiger partial charge in [-0.25, -0.2) is 0 Å². The Labute approximate surface area is 161 Å². The van der Waals surface area contributed by atoms with Crippen LogP contribution in [0.2, 0.25) is 0 Å². The summed E-state index contributed by atoms with van der Waals surface area (Å²) in [6, 6.07) is 6.31. The highest BCUT2D eigenvalue weighted by Gasteiger charge is 2.20. The Kier molecular flexibility index (Phi) is 6.85. The fourth-order valence-electron chi connectivity index (χ4n) is 3.88. The van der Waals surface area contributed by atoms with Crippen LogP contribution >= 0.6 is 0 Å². The second kappa shape index (κ2) is 9.33. The van der Waals surface area contributed by atoms with Gasteiger partial charge in [0.25, 0.3) is 0 Å². The van der Waals surface area contributed by atoms with Gasteiger partial charge in [-0.15, -0.1) is 0 Å². The van der Waals surface area contributed by atoms with Gasteiger partial charge in [0.05, 0.1) is 19.7 Å². The molecule has 1 aromatic rings. The molecule has 3 rings (SSSR count). The molecular formula is C21H31N3O3. The van der Waals surface area contributed by atoms with Crippen LogP contribution in [0.15, 0.2) is 18.2 Å². The minimum Gasteiger partial charge on any atom is -0.493 e. The molecule has 1 N–H and O–H groups in total. The number of hydrogen-bond acceptors (Lipinski definition) is 5. The Balaban J connectivity index is 1.46. The SMILES string of the molecule is Cc1cc(C(=O)CN2CCNC(=O)C2)ccc1OCCCN1CCCC1C. The average molecular weight is 373 g/mol. The zero-order valence-corrected chi connectivity index (χ0v) is 16.5. The summed E-state index contributed by atoms with van der Waals surface area (Å²) in [5.41, 5.74) is 1.66. The maximum Gasteiger partial charge on any atom is 0.234 e. The summed E-state index contributed by atoms with van der Waals surface area (Å²) < 4.78 is 5.93. The van der Waals surface area contributed by atoms with Crippen LogP contribution in [-0.4, -0.2) is 73.4 Å². The Morgan fingerprint density at radius 1 is 1.33 bits per heavy atom. The first-order valence-electron chi connectivity index (χ1n) is 10.0. The van der Waals surface area contributed by atoms with E-state index in [9.17, 15) is 9.59 Å². The zero-order valence-electron chi connectivity index (χ0n) is 16.5. The van der Waals surface area contributed by atoms with Gasteiger partial charge < -0.3 is 15.0 Å². The number of carbonyl (C=O) groups is 2. The van der Waals surface area contributed by atoms with Gasteiger partial charge in [0.2, 0.25) is 5.91 Å². The molecule has 1 atom stereocenters. The van der Waals surface area contributed by atoms with Crippen molar-refractivity contribution in [2.75, 3.05) is 45.9 Å². The second-order valence-corrected chi connectivity index (χ2v) is 7.69. The van der Waals surface area contributed by atoms with E-state index in [2.05, 4.69) is 17.1 Å². The van der Waals surface area contributed by atoms with E-state index in [-0.39, 0.29) is 18.2 Å². The molecule has 2 saturated heterocycles. The molecule has 2 fully saturated rings. The van der Waals surface area contributed by atoms with Gasteiger partial charge in [0.1, 0.15) is 5.75 Å². The molecular weight excluding hydrogens is 342 g/mol. The minimum atomic E-state index is -0.0164. The summed E-state index contributed by atoms with van der Waals surface area (Å²) in [5, 5.41) is 2.77. The van der Waals surface area contributed by atoms with Crippen molar-refractivity contribution in [2.45, 2.75) is 39.2 Å². The van der Waals surface area contributed by atoms with Crippen LogP contribution in [-0.2, 0) is 4.79 Å². The lowest BCUT2D eigenvalue weighted by atomic mass is 10.1. The van der Waals surface area contributed by atoms with E-state index < -0.39 is 0 Å². The van der Waals surface area contributed by atoms with Gasteiger partial charge in [-0.2, -0.15) is 0 Å². The van der Waals surface area contributed by atoms with Crippen LogP contribution in [0.1, 0.15) is 42.1 Å². The molecule has 0 saturated carbocycles. The van der Waals surface area contributed by atoms with Gasteiger partial charge in [0, 0.05) is 31.2 Å². The first-order chi connectivity index (χ1) is 13.0. The summed E-state index contributed by atoms with van der Waals surface area (Å²) in [6.45, 7) is 9.15. The van der Waals surface area contributed by atoms with E-state index >= 15 is 0 Å². The number of likely N-dealkylation sites (tertiary alicyclic amines) is 1. The number of Topliss-reactive ketones (excluding diaryl/α,β-unsaturated/α-hetero) is 1. The Morgan fingerprint density at radius 3 is 2.89 bits per heavy atom. The molecule has 6 nitrogen and oxygen atoms in total. The van der Waals surface area contributed by atoms with E-state index in [1.165, 1.54) is 19.4 Å². The van der Waals surface area contributed by atoms with Gasteiger partial charge in [-0.3, -0.25) is 14.5 Å². The first kappa shape index (κ1) is 19.8. The number of nitrogens with one attached hydrogen (secondary N) is 1. The number of benzene rings is 1. The second-order valence-electron chi connectivity index (χ2n) is 7.69. The van der Waals surface area contributed by atoms with E-state index in [1.807, 2.05) is 30.0 Å². The zero-order chi connectivity index (χ0) is 19.2. The van der Waals surface area contributed by atoms with E-state index in [0.29, 0.717) is 37.8 Å². The third kappa shape index (κ3) is 5.53. The number of nitrogens with zero attached hydrogens (tertiary/aromatic N) is 2. The van der Waals surface area contributed by atoms with Crippen molar-refractivity contribution in [3.05, 3.63) is 29.3 Å². The summed E-state index contributed by atoms with van der Waals surface area (Å²) >= 11 is 0. The van der Waals surface area contributed by atoms with Crippen molar-refractivity contribution in [3.8, 4) is 5.75 Å². The lowest BCUT2D eigenvalue weighted by molar-refractivity contribution is -0.123. The number of piperazine rings is 1. The molecule has 27 heavy (non-hydrogen) atoms. The largest absolute Gasteiger partial charge is 0.493 e. The summed E-state index contributed by atoms with van der Waals surface area (Å²) in [5.74, 6) is 0.873. The van der Waals surface area contributed by atoms with Crippen LogP contribution < -0.4 is 10.1 Å². The molecule has 6 heteroatoms. The highest BCUT2D eigenvalue weighted by molar-refractivity contribution is 5.98. The number of amides is 1. The van der Waals surface area contributed by atoms with E-state index in [0.717, 1.165) is 24.3 Å². The molecule has 0 aromatic heterocycles. The fourth-order valence-corrected chi connectivity index (χ4v) is 3.88. The number of carbonyl (C=O) groups excluding carboxylic acids is 2. The van der Waals surface area contributed by atoms with Gasteiger partial charge in [-0.1, -0.05) is 0 Å². The number of ether oxygens (including phenoxy) is 1. The predicted octanol–water partition coefficient (Wildman–Crippen LogP) is 1.86. The fraction of sp³-hybridized carbons (Fsp3) is 0.619. The van der Waals surface area contributed by atoms with Crippen molar-refractivity contribution in [3.63, 3.8) is 0 Å². The highest BCUT2D eigenvalue weighted by Crippen LogP contribution is 2.21. The van der Waals surface area contributed by atoms with Crippen LogP contribution in [0, 0.1) is 6.92 Å². The lowest BCUT2D eigenvalue weighted by Crippen LogP contribution is -2.49. The minimum absolute atomic E-state index is 0.0164. The summed E-state index contributed by atoms with van der Waals surface area (Å²) in [6.07, 6.45) is 3.62. The van der Waals surface area contributed by atoms with E-state index in [1.54, 1.807) is 0 Å². The Bertz CT molecular complexity index is 677. The van der Waals surface area contributed by atoms with Gasteiger partial charge in [-0.05, 0) is 63.4 Å². The van der Waals surface area contributed by atoms with Crippen LogP contribution in [0.4, 0.5) is 0 Å². The molecule has 1 unspecified atom stereocenters. The lowest BCUT2D eigenvalue weighted by Gasteiger charge is -2.25. The summed E-state index contributed by atoms with van der Waals surface area (Å²) in [4.78, 5) is 28.4. The maximum absolute atomic E-state index is 12.5. The normalized spacial score (nSPS) is 21.3. The Morgan fingerprint density at radius 2 is 2.19 bits per heavy atom. The number of hydrogen-bond donors (Lipinski definition) is 1. The quantitative estimate of drug-likeness (QED) is 0.557. The molecule has 0 radical (unpaired) electrons. The van der Waals surface area contributed by atoms with Gasteiger partial charge >= 0.3 is 0 Å². The smallest absolute Gasteiger partial charge is 0.234 e. The molecule has 0 aliphatic carbocycles. The van der Waals surface area contributed by atoms with Crippen LogP contribution in [0.5, 0.6) is 5.75 Å². The third-order valence-electron chi connectivity index (χ3n) is 5.52. The van der Waals surface area contributed by atoms with Crippen molar-refractivity contribution < 1.29 is 14.3 Å². The highest BCUT2D eigenvalue weighted by atomic mass is 16.5. The topological polar surface area (TPSA) is 61.9 Å². The molecule has 1 amide bonds. The third-order valence-corrected chi connectivity index (χ3v) is 5.52. The van der Waals surface area contributed by atoms with Crippen molar-refractivity contribution in [2.24, 2.45) is 0 Å².